The van der Waals surface area contributed by atoms with E-state index in [1.54, 1.807) is 26.4 Å². The van der Waals surface area contributed by atoms with E-state index in [9.17, 15) is 9.18 Å². The molecule has 2 aromatic heterocycles. The van der Waals surface area contributed by atoms with Gasteiger partial charge in [0.25, 0.3) is 0 Å². The molecule has 2 aromatic carbocycles. The number of amides is 1. The lowest BCUT2D eigenvalue weighted by Crippen LogP contribution is -2.23. The maximum Gasteiger partial charge on any atom is 0.237 e. The van der Waals surface area contributed by atoms with E-state index in [1.165, 1.54) is 23.9 Å². The number of thioether (sulfide) groups is 1. The summed E-state index contributed by atoms with van der Waals surface area (Å²) >= 11 is 7.27. The van der Waals surface area contributed by atoms with E-state index >= 15 is 0 Å². The fraction of sp³-hybridized carbons (Fsp3) is 0.174. The predicted molar refractivity (Wildman–Crippen MR) is 125 cm³/mol. The Labute approximate surface area is 198 Å². The summed E-state index contributed by atoms with van der Waals surface area (Å²) < 4.78 is 26.0. The molecule has 0 aliphatic heterocycles. The summed E-state index contributed by atoms with van der Waals surface area (Å²) in [6, 6.07) is 15.0. The number of carbonyl (C=O) groups is 1. The molecule has 1 amide bonds. The van der Waals surface area contributed by atoms with E-state index in [4.69, 9.17) is 20.8 Å². The van der Waals surface area contributed by atoms with Gasteiger partial charge in [0.15, 0.2) is 11.0 Å². The van der Waals surface area contributed by atoms with Gasteiger partial charge in [-0.2, -0.15) is 0 Å². The number of nitrogens with zero attached hydrogens (tertiary/aromatic N) is 3. The lowest BCUT2D eigenvalue weighted by Gasteiger charge is -2.14. The Hall–Kier alpha value is -3.30. The standard InChI is InChI=1S/C23H20ClFN4O3S/c1-14(22(30)26-20-9-8-16(25)12-19(20)24)33-23-28-27-21(15-5-3-6-17(11-15)31-2)29(23)13-18-7-4-10-32-18/h3-12,14H,13H2,1-2H3,(H,26,30). The number of anilines is 1. The van der Waals surface area contributed by atoms with Gasteiger partial charge in [-0.15, -0.1) is 10.2 Å². The number of ether oxygens (including phenoxy) is 1. The van der Waals surface area contributed by atoms with Crippen LogP contribution in [0.5, 0.6) is 5.75 Å². The number of hydrogen-bond acceptors (Lipinski definition) is 6. The van der Waals surface area contributed by atoms with Gasteiger partial charge < -0.3 is 14.5 Å². The summed E-state index contributed by atoms with van der Waals surface area (Å²) in [5.74, 6) is 1.25. The molecule has 7 nitrogen and oxygen atoms in total. The minimum absolute atomic E-state index is 0.127. The van der Waals surface area contributed by atoms with E-state index in [1.807, 2.05) is 34.9 Å². The Bertz CT molecular complexity index is 1260. The van der Waals surface area contributed by atoms with Crippen LogP contribution in [-0.4, -0.2) is 33.0 Å². The first-order valence-corrected chi connectivity index (χ1v) is 11.2. The summed E-state index contributed by atoms with van der Waals surface area (Å²) in [7, 11) is 1.60. The first kappa shape index (κ1) is 22.9. The molecule has 0 fully saturated rings. The highest BCUT2D eigenvalue weighted by molar-refractivity contribution is 8.00. The lowest BCUT2D eigenvalue weighted by molar-refractivity contribution is -0.115. The summed E-state index contributed by atoms with van der Waals surface area (Å²) in [6.45, 7) is 2.13. The third kappa shape index (κ3) is 5.37. The average Bonchev–Trinajstić information content (AvgIpc) is 3.46. The van der Waals surface area contributed by atoms with Crippen molar-refractivity contribution in [2.45, 2.75) is 23.9 Å². The number of hydrogen-bond donors (Lipinski definition) is 1. The second-order valence-electron chi connectivity index (χ2n) is 7.08. The van der Waals surface area contributed by atoms with Gasteiger partial charge in [-0.25, -0.2) is 4.39 Å². The summed E-state index contributed by atoms with van der Waals surface area (Å²) in [6.07, 6.45) is 1.60. The minimum Gasteiger partial charge on any atom is -0.497 e. The normalized spacial score (nSPS) is 11.9. The molecule has 0 aliphatic carbocycles. The molecule has 0 saturated carbocycles. The molecule has 0 bridgehead atoms. The molecule has 1 atom stereocenters. The van der Waals surface area contributed by atoms with E-state index in [-0.39, 0.29) is 10.9 Å². The first-order chi connectivity index (χ1) is 15.9. The Morgan fingerprint density at radius 3 is 2.82 bits per heavy atom. The van der Waals surface area contributed by atoms with Crippen molar-refractivity contribution in [2.75, 3.05) is 12.4 Å². The third-order valence-electron chi connectivity index (χ3n) is 4.78. The molecule has 4 aromatic rings. The fourth-order valence-electron chi connectivity index (χ4n) is 3.09. The van der Waals surface area contributed by atoms with Crippen LogP contribution in [0.4, 0.5) is 10.1 Å². The second kappa shape index (κ2) is 10.1. The fourth-order valence-corrected chi connectivity index (χ4v) is 4.15. The highest BCUT2D eigenvalue weighted by Gasteiger charge is 2.22. The number of methoxy groups -OCH3 is 1. The molecular weight excluding hydrogens is 467 g/mol. The Morgan fingerprint density at radius 2 is 2.09 bits per heavy atom. The number of rotatable bonds is 8. The maximum atomic E-state index is 13.3. The van der Waals surface area contributed by atoms with Crippen LogP contribution in [0, 0.1) is 5.82 Å². The van der Waals surface area contributed by atoms with Crippen molar-refractivity contribution in [1.29, 1.82) is 0 Å². The zero-order valence-electron chi connectivity index (χ0n) is 17.8. The van der Waals surface area contributed by atoms with E-state index in [2.05, 4.69) is 15.5 Å². The predicted octanol–water partition coefficient (Wildman–Crippen LogP) is 5.51. The SMILES string of the molecule is COc1cccc(-c2nnc(SC(C)C(=O)Nc3ccc(F)cc3Cl)n2Cc2ccco2)c1. The summed E-state index contributed by atoms with van der Waals surface area (Å²) in [5.41, 5.74) is 1.15. The molecule has 0 radical (unpaired) electrons. The van der Waals surface area contributed by atoms with Crippen LogP contribution in [0.2, 0.25) is 5.02 Å². The average molecular weight is 487 g/mol. The van der Waals surface area contributed by atoms with Crippen LogP contribution in [0.3, 0.4) is 0 Å². The van der Waals surface area contributed by atoms with Crippen molar-refractivity contribution in [3.8, 4) is 17.1 Å². The highest BCUT2D eigenvalue weighted by atomic mass is 35.5. The van der Waals surface area contributed by atoms with Gasteiger partial charge in [0, 0.05) is 5.56 Å². The van der Waals surface area contributed by atoms with Gasteiger partial charge in [-0.1, -0.05) is 35.5 Å². The third-order valence-corrected chi connectivity index (χ3v) is 6.17. The monoisotopic (exact) mass is 486 g/mol. The largest absolute Gasteiger partial charge is 0.497 e. The van der Waals surface area contributed by atoms with Gasteiger partial charge in [0.05, 0.1) is 35.9 Å². The Kier molecular flexibility index (Phi) is 7.00. The van der Waals surface area contributed by atoms with Crippen molar-refractivity contribution < 1.29 is 18.3 Å². The maximum absolute atomic E-state index is 13.3. The molecule has 170 valence electrons. The van der Waals surface area contributed by atoms with Crippen molar-refractivity contribution in [3.63, 3.8) is 0 Å². The first-order valence-electron chi connectivity index (χ1n) is 9.97. The molecule has 2 heterocycles. The smallest absolute Gasteiger partial charge is 0.237 e. The molecule has 1 N–H and O–H groups in total. The van der Waals surface area contributed by atoms with Crippen molar-refractivity contribution in [1.82, 2.24) is 14.8 Å². The highest BCUT2D eigenvalue weighted by Crippen LogP contribution is 2.30. The van der Waals surface area contributed by atoms with Crippen LogP contribution in [0.15, 0.2) is 70.4 Å². The molecule has 0 spiro atoms. The second-order valence-corrected chi connectivity index (χ2v) is 8.79. The number of halogens is 2. The molecule has 0 saturated heterocycles. The van der Waals surface area contributed by atoms with Crippen LogP contribution >= 0.6 is 23.4 Å². The van der Waals surface area contributed by atoms with Crippen molar-refractivity contribution >= 4 is 35.0 Å². The number of benzene rings is 2. The van der Waals surface area contributed by atoms with Crippen LogP contribution in [0.25, 0.3) is 11.4 Å². The zero-order valence-corrected chi connectivity index (χ0v) is 19.4. The molecule has 10 heteroatoms. The van der Waals surface area contributed by atoms with E-state index in [0.717, 1.165) is 17.4 Å². The van der Waals surface area contributed by atoms with E-state index in [0.29, 0.717) is 29.0 Å². The molecular formula is C23H20ClFN4O3S. The van der Waals surface area contributed by atoms with E-state index < -0.39 is 11.1 Å². The number of aromatic nitrogens is 3. The van der Waals surface area contributed by atoms with Crippen LogP contribution in [0.1, 0.15) is 12.7 Å². The number of carbonyl (C=O) groups excluding carboxylic acids is 1. The Balaban J connectivity index is 1.59. The number of nitrogens with one attached hydrogen (secondary N) is 1. The molecule has 0 aliphatic rings. The van der Waals surface area contributed by atoms with Gasteiger partial charge in [0.1, 0.15) is 17.3 Å². The molecule has 1 unspecified atom stereocenters. The molecule has 33 heavy (non-hydrogen) atoms. The topological polar surface area (TPSA) is 82.2 Å². The van der Waals surface area contributed by atoms with Crippen LogP contribution < -0.4 is 10.1 Å². The van der Waals surface area contributed by atoms with Crippen molar-refractivity contribution in [2.24, 2.45) is 0 Å². The summed E-state index contributed by atoms with van der Waals surface area (Å²) in [5, 5.41) is 11.5. The van der Waals surface area contributed by atoms with Crippen LogP contribution in [-0.2, 0) is 11.3 Å². The van der Waals surface area contributed by atoms with Gasteiger partial charge in [-0.3, -0.25) is 9.36 Å². The number of furan rings is 1. The zero-order chi connectivity index (χ0) is 23.4. The quantitative estimate of drug-likeness (QED) is 0.331. The minimum atomic E-state index is -0.538. The van der Waals surface area contributed by atoms with Gasteiger partial charge in [-0.05, 0) is 49.4 Å². The van der Waals surface area contributed by atoms with Gasteiger partial charge >= 0.3 is 0 Å². The van der Waals surface area contributed by atoms with Crippen molar-refractivity contribution in [3.05, 3.63) is 77.5 Å². The lowest BCUT2D eigenvalue weighted by atomic mass is 10.2. The van der Waals surface area contributed by atoms with Gasteiger partial charge in [0.2, 0.25) is 5.91 Å². The summed E-state index contributed by atoms with van der Waals surface area (Å²) in [4.78, 5) is 12.8. The Morgan fingerprint density at radius 1 is 1.24 bits per heavy atom. The molecule has 4 rings (SSSR count).